The minimum absolute atomic E-state index is 0.123. The molecular formula is C16H15ClN6O3. The van der Waals surface area contributed by atoms with Gasteiger partial charge in [0.2, 0.25) is 5.91 Å². The number of anilines is 1. The third-order valence-electron chi connectivity index (χ3n) is 3.77. The average Bonchev–Trinajstić information content (AvgIpc) is 3.17. The van der Waals surface area contributed by atoms with Crippen LogP contribution < -0.4 is 5.32 Å². The van der Waals surface area contributed by atoms with E-state index < -0.39 is 4.92 Å². The number of halogens is 1. The molecule has 0 unspecified atom stereocenters. The predicted molar refractivity (Wildman–Crippen MR) is 95.0 cm³/mol. The van der Waals surface area contributed by atoms with Gasteiger partial charge in [0, 0.05) is 17.3 Å². The Balaban J connectivity index is 1.63. The molecule has 0 fully saturated rings. The standard InChI is InChI=1S/C16H15ClN6O3/c1-11-14(23(25)26)8-18-22(11)10-16(24)19-15-6-7-21(20-15)9-12-4-2-3-5-13(12)17/h2-8H,9-10H2,1H3,(H,19,20,24). The summed E-state index contributed by atoms with van der Waals surface area (Å²) < 4.78 is 2.93. The first kappa shape index (κ1) is 17.6. The van der Waals surface area contributed by atoms with Gasteiger partial charge in [0.05, 0.1) is 11.5 Å². The molecule has 1 N–H and O–H groups in total. The smallest absolute Gasteiger partial charge is 0.308 e. The van der Waals surface area contributed by atoms with Crippen LogP contribution in [0.3, 0.4) is 0 Å². The summed E-state index contributed by atoms with van der Waals surface area (Å²) in [4.78, 5) is 22.4. The molecule has 1 aromatic carbocycles. The van der Waals surface area contributed by atoms with E-state index in [4.69, 9.17) is 11.6 Å². The first-order valence-electron chi connectivity index (χ1n) is 7.67. The van der Waals surface area contributed by atoms with Crippen LogP contribution in [-0.2, 0) is 17.9 Å². The van der Waals surface area contributed by atoms with E-state index in [0.717, 1.165) is 11.8 Å². The summed E-state index contributed by atoms with van der Waals surface area (Å²) in [7, 11) is 0. The molecule has 0 atom stereocenters. The van der Waals surface area contributed by atoms with Crippen molar-refractivity contribution < 1.29 is 9.72 Å². The lowest BCUT2D eigenvalue weighted by atomic mass is 10.2. The molecule has 0 aliphatic rings. The van der Waals surface area contributed by atoms with Crippen LogP contribution in [0, 0.1) is 17.0 Å². The third-order valence-corrected chi connectivity index (χ3v) is 4.13. The number of aromatic nitrogens is 4. The zero-order chi connectivity index (χ0) is 18.7. The summed E-state index contributed by atoms with van der Waals surface area (Å²) in [5.41, 5.74) is 1.10. The van der Waals surface area contributed by atoms with Crippen LogP contribution in [0.2, 0.25) is 5.02 Å². The van der Waals surface area contributed by atoms with Crippen molar-refractivity contribution in [2.24, 2.45) is 0 Å². The molecule has 2 aromatic heterocycles. The van der Waals surface area contributed by atoms with Gasteiger partial charge in [0.15, 0.2) is 5.82 Å². The van der Waals surface area contributed by atoms with Gasteiger partial charge in [-0.05, 0) is 18.6 Å². The van der Waals surface area contributed by atoms with Gasteiger partial charge in [-0.25, -0.2) is 0 Å². The molecule has 0 saturated heterocycles. The minimum atomic E-state index is -0.535. The zero-order valence-corrected chi connectivity index (χ0v) is 14.6. The average molecular weight is 375 g/mol. The summed E-state index contributed by atoms with van der Waals surface area (Å²) in [5.74, 6) is -0.00421. The first-order valence-corrected chi connectivity index (χ1v) is 8.05. The lowest BCUT2D eigenvalue weighted by molar-refractivity contribution is -0.385. The molecule has 9 nitrogen and oxygen atoms in total. The van der Waals surface area contributed by atoms with E-state index in [1.165, 1.54) is 11.6 Å². The number of nitrogens with zero attached hydrogens (tertiary/aromatic N) is 5. The van der Waals surface area contributed by atoms with Crippen molar-refractivity contribution in [1.29, 1.82) is 0 Å². The fraction of sp³-hybridized carbons (Fsp3) is 0.188. The molecule has 1 amide bonds. The summed E-state index contributed by atoms with van der Waals surface area (Å²) in [6, 6.07) is 9.10. The molecule has 0 aliphatic carbocycles. The largest absolute Gasteiger partial charge is 0.309 e. The summed E-state index contributed by atoms with van der Waals surface area (Å²) in [5, 5.41) is 22.2. The Morgan fingerprint density at radius 1 is 1.35 bits per heavy atom. The number of nitro groups is 1. The van der Waals surface area contributed by atoms with Gasteiger partial charge in [-0.15, -0.1) is 0 Å². The van der Waals surface area contributed by atoms with Crippen LogP contribution in [0.15, 0.2) is 42.7 Å². The molecule has 0 bridgehead atoms. The van der Waals surface area contributed by atoms with Crippen molar-refractivity contribution in [3.05, 3.63) is 69.1 Å². The number of rotatable bonds is 6. The molecular weight excluding hydrogens is 360 g/mol. The molecule has 134 valence electrons. The third kappa shape index (κ3) is 3.89. The van der Waals surface area contributed by atoms with E-state index in [1.807, 2.05) is 18.2 Å². The van der Waals surface area contributed by atoms with Crippen molar-refractivity contribution in [3.8, 4) is 0 Å². The number of amides is 1. The van der Waals surface area contributed by atoms with Crippen LogP contribution in [0.5, 0.6) is 0 Å². The normalized spacial score (nSPS) is 10.7. The number of nitrogens with one attached hydrogen (secondary N) is 1. The fourth-order valence-electron chi connectivity index (χ4n) is 2.41. The van der Waals surface area contributed by atoms with E-state index >= 15 is 0 Å². The minimum Gasteiger partial charge on any atom is -0.308 e. The van der Waals surface area contributed by atoms with E-state index in [-0.39, 0.29) is 18.1 Å². The number of carbonyl (C=O) groups is 1. The van der Waals surface area contributed by atoms with Gasteiger partial charge in [-0.1, -0.05) is 29.8 Å². The van der Waals surface area contributed by atoms with Gasteiger partial charge in [0.1, 0.15) is 18.4 Å². The lowest BCUT2D eigenvalue weighted by Crippen LogP contribution is -2.20. The second-order valence-electron chi connectivity index (χ2n) is 5.57. The van der Waals surface area contributed by atoms with Crippen LogP contribution in [0.25, 0.3) is 0 Å². The van der Waals surface area contributed by atoms with Crippen molar-refractivity contribution >= 4 is 29.0 Å². The highest BCUT2D eigenvalue weighted by atomic mass is 35.5. The molecule has 3 aromatic rings. The summed E-state index contributed by atoms with van der Waals surface area (Å²) in [6.45, 7) is 1.87. The Labute approximate surface area is 153 Å². The number of hydrogen-bond acceptors (Lipinski definition) is 5. The monoisotopic (exact) mass is 374 g/mol. The Bertz CT molecular complexity index is 965. The van der Waals surface area contributed by atoms with Gasteiger partial charge in [0.25, 0.3) is 0 Å². The second kappa shape index (κ2) is 7.36. The van der Waals surface area contributed by atoms with Crippen LogP contribution >= 0.6 is 11.6 Å². The van der Waals surface area contributed by atoms with E-state index in [0.29, 0.717) is 23.1 Å². The Hall–Kier alpha value is -3.20. The molecule has 0 aliphatic heterocycles. The highest BCUT2D eigenvalue weighted by Crippen LogP contribution is 2.17. The fourth-order valence-corrected chi connectivity index (χ4v) is 2.61. The number of carbonyl (C=O) groups excluding carboxylic acids is 1. The predicted octanol–water partition coefficient (Wildman–Crippen LogP) is 2.64. The van der Waals surface area contributed by atoms with Crippen LogP contribution in [-0.4, -0.2) is 30.4 Å². The van der Waals surface area contributed by atoms with Crippen molar-refractivity contribution in [2.75, 3.05) is 5.32 Å². The van der Waals surface area contributed by atoms with Crippen molar-refractivity contribution in [1.82, 2.24) is 19.6 Å². The first-order chi connectivity index (χ1) is 12.4. The highest BCUT2D eigenvalue weighted by molar-refractivity contribution is 6.31. The maximum Gasteiger partial charge on any atom is 0.309 e. The molecule has 0 spiro atoms. The Morgan fingerprint density at radius 2 is 2.12 bits per heavy atom. The topological polar surface area (TPSA) is 108 Å². The van der Waals surface area contributed by atoms with Crippen LogP contribution in [0.1, 0.15) is 11.3 Å². The molecule has 3 rings (SSSR count). The quantitative estimate of drug-likeness (QED) is 0.527. The van der Waals surface area contributed by atoms with Gasteiger partial charge in [-0.2, -0.15) is 10.2 Å². The van der Waals surface area contributed by atoms with E-state index in [9.17, 15) is 14.9 Å². The SMILES string of the molecule is Cc1c([N+](=O)[O-])cnn1CC(=O)Nc1ccn(Cc2ccccc2Cl)n1. The molecule has 2 heterocycles. The zero-order valence-electron chi connectivity index (χ0n) is 13.8. The maximum atomic E-state index is 12.1. The molecule has 0 radical (unpaired) electrons. The van der Waals surface area contributed by atoms with Crippen molar-refractivity contribution in [2.45, 2.75) is 20.0 Å². The lowest BCUT2D eigenvalue weighted by Gasteiger charge is -2.05. The summed E-state index contributed by atoms with van der Waals surface area (Å²) >= 11 is 6.13. The van der Waals surface area contributed by atoms with Gasteiger partial charge in [-0.3, -0.25) is 24.3 Å². The highest BCUT2D eigenvalue weighted by Gasteiger charge is 2.18. The molecule has 26 heavy (non-hydrogen) atoms. The molecule has 10 heteroatoms. The maximum absolute atomic E-state index is 12.1. The second-order valence-corrected chi connectivity index (χ2v) is 5.98. The van der Waals surface area contributed by atoms with Gasteiger partial charge < -0.3 is 5.32 Å². The van der Waals surface area contributed by atoms with Crippen molar-refractivity contribution in [3.63, 3.8) is 0 Å². The van der Waals surface area contributed by atoms with Crippen LogP contribution in [0.4, 0.5) is 11.5 Å². The van der Waals surface area contributed by atoms with E-state index in [2.05, 4.69) is 15.5 Å². The Kier molecular flexibility index (Phi) is 4.99. The van der Waals surface area contributed by atoms with E-state index in [1.54, 1.807) is 23.0 Å². The molecule has 0 saturated carbocycles. The Morgan fingerprint density at radius 3 is 2.81 bits per heavy atom. The summed E-state index contributed by atoms with van der Waals surface area (Å²) in [6.07, 6.45) is 2.85. The number of benzene rings is 1. The number of hydrogen-bond donors (Lipinski definition) is 1. The van der Waals surface area contributed by atoms with Gasteiger partial charge >= 0.3 is 5.69 Å².